The van der Waals surface area contributed by atoms with Crippen LogP contribution in [-0.2, 0) is 0 Å². The smallest absolute Gasteiger partial charge is 0.0263 e. The predicted octanol–water partition coefficient (Wildman–Crippen LogP) is 1.46. The van der Waals surface area contributed by atoms with Gasteiger partial charge in [-0.1, -0.05) is 11.6 Å². The van der Waals surface area contributed by atoms with Crippen LogP contribution < -0.4 is 0 Å². The second-order valence-electron chi connectivity index (χ2n) is 2.94. The van der Waals surface area contributed by atoms with Crippen LogP contribution in [0, 0.1) is 0 Å². The van der Waals surface area contributed by atoms with Crippen LogP contribution in [0.15, 0.2) is 28.9 Å². The van der Waals surface area contributed by atoms with Crippen molar-refractivity contribution in [2.75, 3.05) is 20.6 Å². The summed E-state index contributed by atoms with van der Waals surface area (Å²) in [7, 11) is 4.15. The molecule has 1 rings (SSSR count). The fourth-order valence-electron chi connectivity index (χ4n) is 1.05. The summed E-state index contributed by atoms with van der Waals surface area (Å²) >= 11 is 0. The third-order valence-electron chi connectivity index (χ3n) is 1.48. The lowest BCUT2D eigenvalue weighted by Gasteiger charge is -2.10. The van der Waals surface area contributed by atoms with Gasteiger partial charge in [0.05, 0.1) is 0 Å². The maximum absolute atomic E-state index is 4.05. The molecule has 1 aliphatic rings. The monoisotopic (exact) mass is 150 g/mol. The van der Waals surface area contributed by atoms with E-state index in [9.17, 15) is 0 Å². The Morgan fingerprint density at radius 1 is 1.55 bits per heavy atom. The lowest BCUT2D eigenvalue weighted by atomic mass is 10.2. The second kappa shape index (κ2) is 4.09. The molecule has 0 atom stereocenters. The first-order valence-electron chi connectivity index (χ1n) is 3.80. The molecule has 0 saturated carbocycles. The minimum absolute atomic E-state index is 0.977. The molecule has 0 fully saturated rings. The zero-order chi connectivity index (χ0) is 8.10. The Morgan fingerprint density at radius 3 is 3.09 bits per heavy atom. The number of hydrogen-bond acceptors (Lipinski definition) is 2. The van der Waals surface area contributed by atoms with Gasteiger partial charge in [-0.15, -0.1) is 0 Å². The number of aliphatic imine (C=N–C) groups is 1. The summed E-state index contributed by atoms with van der Waals surface area (Å²) in [6.07, 6.45) is 8.86. The van der Waals surface area contributed by atoms with Gasteiger partial charge in [0, 0.05) is 25.4 Å². The molecule has 0 aromatic heterocycles. The molecule has 0 aliphatic carbocycles. The standard InChI is InChI=1S/C9H14N2/c1-11(2)8-9-4-3-6-10-7-5-9/h3-4,6-7H,5,8H2,1-2H3. The Kier molecular flexibility index (Phi) is 3.05. The largest absolute Gasteiger partial charge is 0.305 e. The molecular formula is C9H14N2. The van der Waals surface area contributed by atoms with E-state index >= 15 is 0 Å². The SMILES string of the molecule is CN(C)CC1=CC=CN=CC1. The Balaban J connectivity index is 2.51. The van der Waals surface area contributed by atoms with Crippen LogP contribution in [0.5, 0.6) is 0 Å². The maximum atomic E-state index is 4.05. The van der Waals surface area contributed by atoms with E-state index in [1.54, 1.807) is 0 Å². The Hall–Kier alpha value is -0.890. The van der Waals surface area contributed by atoms with Crippen molar-refractivity contribution >= 4 is 6.21 Å². The molecule has 1 aliphatic heterocycles. The zero-order valence-electron chi connectivity index (χ0n) is 7.12. The van der Waals surface area contributed by atoms with Crippen molar-refractivity contribution in [2.24, 2.45) is 4.99 Å². The molecule has 0 aromatic carbocycles. The van der Waals surface area contributed by atoms with E-state index in [1.807, 2.05) is 18.5 Å². The number of rotatable bonds is 2. The van der Waals surface area contributed by atoms with Crippen LogP contribution in [0.1, 0.15) is 6.42 Å². The fraction of sp³-hybridized carbons (Fsp3) is 0.444. The van der Waals surface area contributed by atoms with Gasteiger partial charge in [-0.2, -0.15) is 0 Å². The fourth-order valence-corrected chi connectivity index (χ4v) is 1.05. The van der Waals surface area contributed by atoms with Gasteiger partial charge in [-0.05, 0) is 20.2 Å². The minimum atomic E-state index is 0.977. The topological polar surface area (TPSA) is 15.6 Å². The van der Waals surface area contributed by atoms with E-state index in [0.717, 1.165) is 13.0 Å². The molecule has 0 aromatic rings. The van der Waals surface area contributed by atoms with Gasteiger partial charge in [-0.25, -0.2) is 0 Å². The summed E-state index contributed by atoms with van der Waals surface area (Å²) < 4.78 is 0. The highest BCUT2D eigenvalue weighted by atomic mass is 15.0. The van der Waals surface area contributed by atoms with Crippen LogP contribution in [0.2, 0.25) is 0 Å². The summed E-state index contributed by atoms with van der Waals surface area (Å²) in [4.78, 5) is 6.22. The van der Waals surface area contributed by atoms with Crippen molar-refractivity contribution in [1.29, 1.82) is 0 Å². The molecule has 0 unspecified atom stereocenters. The summed E-state index contributed by atoms with van der Waals surface area (Å²) in [5, 5.41) is 0. The van der Waals surface area contributed by atoms with Crippen molar-refractivity contribution in [3.05, 3.63) is 23.9 Å². The van der Waals surface area contributed by atoms with Gasteiger partial charge in [-0.3, -0.25) is 4.99 Å². The molecule has 0 saturated heterocycles. The summed E-state index contributed by atoms with van der Waals surface area (Å²) in [5.41, 5.74) is 1.41. The molecule has 0 N–H and O–H groups in total. The summed E-state index contributed by atoms with van der Waals surface area (Å²) in [5.74, 6) is 0. The normalized spacial score (nSPS) is 16.8. The van der Waals surface area contributed by atoms with Gasteiger partial charge in [0.1, 0.15) is 0 Å². The lowest BCUT2D eigenvalue weighted by Crippen LogP contribution is -2.15. The first-order chi connectivity index (χ1) is 5.29. The Morgan fingerprint density at radius 2 is 2.36 bits per heavy atom. The highest BCUT2D eigenvalue weighted by Crippen LogP contribution is 2.03. The van der Waals surface area contributed by atoms with E-state index in [2.05, 4.69) is 30.1 Å². The van der Waals surface area contributed by atoms with Crippen LogP contribution in [-0.4, -0.2) is 31.8 Å². The van der Waals surface area contributed by atoms with Crippen LogP contribution in [0.25, 0.3) is 0 Å². The Bertz CT molecular complexity index is 200. The number of hydrogen-bond donors (Lipinski definition) is 0. The predicted molar refractivity (Wildman–Crippen MR) is 48.9 cm³/mol. The lowest BCUT2D eigenvalue weighted by molar-refractivity contribution is 0.443. The molecule has 2 nitrogen and oxygen atoms in total. The first kappa shape index (κ1) is 8.21. The van der Waals surface area contributed by atoms with Gasteiger partial charge in [0.25, 0.3) is 0 Å². The molecule has 2 heteroatoms. The van der Waals surface area contributed by atoms with Gasteiger partial charge >= 0.3 is 0 Å². The molecule has 0 spiro atoms. The Labute approximate surface area is 67.9 Å². The van der Waals surface area contributed by atoms with E-state index in [-0.39, 0.29) is 0 Å². The zero-order valence-corrected chi connectivity index (χ0v) is 7.12. The third kappa shape index (κ3) is 3.14. The molecular weight excluding hydrogens is 136 g/mol. The molecule has 0 amide bonds. The van der Waals surface area contributed by atoms with Crippen LogP contribution >= 0.6 is 0 Å². The van der Waals surface area contributed by atoms with Crippen molar-refractivity contribution < 1.29 is 0 Å². The van der Waals surface area contributed by atoms with Gasteiger partial charge < -0.3 is 4.90 Å². The minimum Gasteiger partial charge on any atom is -0.305 e. The molecule has 0 bridgehead atoms. The van der Waals surface area contributed by atoms with E-state index in [0.29, 0.717) is 0 Å². The molecule has 0 radical (unpaired) electrons. The van der Waals surface area contributed by atoms with Gasteiger partial charge in [0.2, 0.25) is 0 Å². The maximum Gasteiger partial charge on any atom is 0.0263 e. The molecule has 11 heavy (non-hydrogen) atoms. The van der Waals surface area contributed by atoms with E-state index in [4.69, 9.17) is 0 Å². The number of allylic oxidation sites excluding steroid dienone is 2. The van der Waals surface area contributed by atoms with Crippen molar-refractivity contribution in [3.8, 4) is 0 Å². The highest BCUT2D eigenvalue weighted by molar-refractivity contribution is 5.63. The van der Waals surface area contributed by atoms with Crippen LogP contribution in [0.3, 0.4) is 0 Å². The quantitative estimate of drug-likeness (QED) is 0.582. The van der Waals surface area contributed by atoms with Gasteiger partial charge in [0.15, 0.2) is 0 Å². The number of nitrogens with zero attached hydrogens (tertiary/aromatic N) is 2. The first-order valence-corrected chi connectivity index (χ1v) is 3.80. The molecule has 1 heterocycles. The van der Waals surface area contributed by atoms with E-state index < -0.39 is 0 Å². The van der Waals surface area contributed by atoms with E-state index in [1.165, 1.54) is 5.57 Å². The number of likely N-dealkylation sites (N-methyl/N-ethyl adjacent to an activating group) is 1. The molecule has 60 valence electrons. The van der Waals surface area contributed by atoms with Crippen LogP contribution in [0.4, 0.5) is 0 Å². The van der Waals surface area contributed by atoms with Crippen molar-refractivity contribution in [3.63, 3.8) is 0 Å². The average Bonchev–Trinajstić information content (AvgIpc) is 2.14. The summed E-state index contributed by atoms with van der Waals surface area (Å²) in [6, 6.07) is 0. The second-order valence-corrected chi connectivity index (χ2v) is 2.94. The average molecular weight is 150 g/mol. The highest BCUT2D eigenvalue weighted by Gasteiger charge is 1.97. The third-order valence-corrected chi connectivity index (χ3v) is 1.48. The summed E-state index contributed by atoms with van der Waals surface area (Å²) in [6.45, 7) is 1.02. The van der Waals surface area contributed by atoms with Crippen molar-refractivity contribution in [1.82, 2.24) is 4.90 Å². The van der Waals surface area contributed by atoms with Crippen molar-refractivity contribution in [2.45, 2.75) is 6.42 Å².